The molecule has 0 saturated heterocycles. The van der Waals surface area contributed by atoms with Crippen LogP contribution in [0.2, 0.25) is 5.02 Å². The molecule has 0 saturated carbocycles. The van der Waals surface area contributed by atoms with E-state index in [1.807, 2.05) is 18.2 Å². The first-order chi connectivity index (χ1) is 10.1. The fourth-order valence-corrected chi connectivity index (χ4v) is 2.93. The number of hydrogen-bond acceptors (Lipinski definition) is 5. The molecule has 2 aromatic rings. The van der Waals surface area contributed by atoms with E-state index in [-0.39, 0.29) is 5.97 Å². The topological polar surface area (TPSA) is 62.1 Å². The fraction of sp³-hybridized carbons (Fsp3) is 0.200. The zero-order valence-corrected chi connectivity index (χ0v) is 12.9. The van der Waals surface area contributed by atoms with Gasteiger partial charge in [-0.05, 0) is 30.3 Å². The lowest BCUT2D eigenvalue weighted by Crippen LogP contribution is -2.02. The number of nitriles is 1. The standard InChI is InChI=1S/C15H13ClN2O2S/c1-20-15(19)7-11-3-4-12(21-11)9-18-14-5-2-10(8-17)6-13(14)16/h2-6,18H,7,9H2,1H3. The van der Waals surface area contributed by atoms with Crippen molar-refractivity contribution in [2.75, 3.05) is 12.4 Å². The molecule has 0 unspecified atom stereocenters. The van der Waals surface area contributed by atoms with Crippen molar-refractivity contribution in [1.82, 2.24) is 0 Å². The Bertz CT molecular complexity index is 691. The van der Waals surface area contributed by atoms with Crippen LogP contribution in [0.15, 0.2) is 30.3 Å². The van der Waals surface area contributed by atoms with E-state index < -0.39 is 0 Å². The summed E-state index contributed by atoms with van der Waals surface area (Å²) in [6.07, 6.45) is 0.290. The van der Waals surface area contributed by atoms with Crippen molar-refractivity contribution >= 4 is 34.6 Å². The summed E-state index contributed by atoms with van der Waals surface area (Å²) in [4.78, 5) is 13.3. The molecule has 4 nitrogen and oxygen atoms in total. The number of nitrogens with one attached hydrogen (secondary N) is 1. The average Bonchev–Trinajstić information content (AvgIpc) is 2.93. The minimum atomic E-state index is -0.244. The molecule has 0 bridgehead atoms. The molecule has 0 fully saturated rings. The van der Waals surface area contributed by atoms with Crippen LogP contribution in [0.25, 0.3) is 0 Å². The van der Waals surface area contributed by atoms with Crippen LogP contribution in [0.1, 0.15) is 15.3 Å². The van der Waals surface area contributed by atoms with Gasteiger partial charge >= 0.3 is 5.97 Å². The van der Waals surface area contributed by atoms with Crippen molar-refractivity contribution in [3.8, 4) is 6.07 Å². The highest BCUT2D eigenvalue weighted by Crippen LogP contribution is 2.25. The zero-order valence-electron chi connectivity index (χ0n) is 11.4. The number of methoxy groups -OCH3 is 1. The van der Waals surface area contributed by atoms with Crippen LogP contribution in [0.3, 0.4) is 0 Å². The summed E-state index contributed by atoms with van der Waals surface area (Å²) in [5, 5.41) is 12.5. The first-order valence-corrected chi connectivity index (χ1v) is 7.39. The number of esters is 1. The number of carbonyl (C=O) groups is 1. The Balaban J connectivity index is 1.97. The van der Waals surface area contributed by atoms with Gasteiger partial charge in [-0.3, -0.25) is 4.79 Å². The molecule has 0 spiro atoms. The van der Waals surface area contributed by atoms with E-state index in [2.05, 4.69) is 10.1 Å². The van der Waals surface area contributed by atoms with E-state index >= 15 is 0 Å². The minimum absolute atomic E-state index is 0.244. The van der Waals surface area contributed by atoms with Gasteiger partial charge in [0.15, 0.2) is 0 Å². The molecule has 0 amide bonds. The Morgan fingerprint density at radius 2 is 2.14 bits per heavy atom. The van der Waals surface area contributed by atoms with Gasteiger partial charge in [0, 0.05) is 16.3 Å². The number of benzene rings is 1. The van der Waals surface area contributed by atoms with Crippen LogP contribution < -0.4 is 5.32 Å². The maximum atomic E-state index is 11.2. The van der Waals surface area contributed by atoms with Gasteiger partial charge in [-0.15, -0.1) is 11.3 Å². The largest absolute Gasteiger partial charge is 0.469 e. The molecule has 108 valence electrons. The number of carbonyl (C=O) groups excluding carboxylic acids is 1. The summed E-state index contributed by atoms with van der Waals surface area (Å²) >= 11 is 7.65. The van der Waals surface area contributed by atoms with Crippen LogP contribution >= 0.6 is 22.9 Å². The van der Waals surface area contributed by atoms with Gasteiger partial charge in [0.1, 0.15) is 0 Å². The molecule has 0 atom stereocenters. The van der Waals surface area contributed by atoms with Crippen molar-refractivity contribution < 1.29 is 9.53 Å². The van der Waals surface area contributed by atoms with E-state index in [0.717, 1.165) is 15.4 Å². The van der Waals surface area contributed by atoms with Crippen molar-refractivity contribution in [3.05, 3.63) is 50.7 Å². The lowest BCUT2D eigenvalue weighted by Gasteiger charge is -2.07. The quantitative estimate of drug-likeness (QED) is 0.855. The van der Waals surface area contributed by atoms with Crippen LogP contribution in [0.4, 0.5) is 5.69 Å². The SMILES string of the molecule is COC(=O)Cc1ccc(CNc2ccc(C#N)cc2Cl)s1. The number of nitrogens with zero attached hydrogens (tertiary/aromatic N) is 1. The van der Waals surface area contributed by atoms with Gasteiger partial charge in [0.2, 0.25) is 0 Å². The van der Waals surface area contributed by atoms with E-state index in [4.69, 9.17) is 16.9 Å². The normalized spacial score (nSPS) is 9.95. The summed E-state index contributed by atoms with van der Waals surface area (Å²) in [6.45, 7) is 0.609. The van der Waals surface area contributed by atoms with Gasteiger partial charge < -0.3 is 10.1 Å². The second-order valence-corrected chi connectivity index (χ2v) is 5.94. The van der Waals surface area contributed by atoms with Crippen LogP contribution in [-0.2, 0) is 22.5 Å². The van der Waals surface area contributed by atoms with Crippen molar-refractivity contribution in [2.24, 2.45) is 0 Å². The third kappa shape index (κ3) is 4.22. The maximum Gasteiger partial charge on any atom is 0.310 e. The average molecular weight is 321 g/mol. The number of hydrogen-bond donors (Lipinski definition) is 1. The molecule has 0 aliphatic heterocycles. The van der Waals surface area contributed by atoms with Gasteiger partial charge in [0.05, 0.1) is 35.9 Å². The first kappa shape index (κ1) is 15.4. The van der Waals surface area contributed by atoms with E-state index in [1.165, 1.54) is 7.11 Å². The molecule has 21 heavy (non-hydrogen) atoms. The second-order valence-electron chi connectivity index (χ2n) is 4.28. The first-order valence-electron chi connectivity index (χ1n) is 6.20. The Hall–Kier alpha value is -2.03. The monoisotopic (exact) mass is 320 g/mol. The molecular weight excluding hydrogens is 308 g/mol. The lowest BCUT2D eigenvalue weighted by atomic mass is 10.2. The van der Waals surface area contributed by atoms with E-state index in [1.54, 1.807) is 29.5 Å². The predicted molar refractivity (Wildman–Crippen MR) is 83.5 cm³/mol. The number of rotatable bonds is 5. The van der Waals surface area contributed by atoms with Gasteiger partial charge in [-0.25, -0.2) is 0 Å². The minimum Gasteiger partial charge on any atom is -0.469 e. The Morgan fingerprint density at radius 1 is 1.38 bits per heavy atom. The molecule has 1 heterocycles. The van der Waals surface area contributed by atoms with Crippen molar-refractivity contribution in [1.29, 1.82) is 5.26 Å². The fourth-order valence-electron chi connectivity index (χ4n) is 1.74. The molecular formula is C15H13ClN2O2S. The predicted octanol–water partition coefficient (Wildman–Crippen LogP) is 3.60. The van der Waals surface area contributed by atoms with E-state index in [9.17, 15) is 4.79 Å². The van der Waals surface area contributed by atoms with Gasteiger partial charge in [0.25, 0.3) is 0 Å². The molecule has 6 heteroatoms. The van der Waals surface area contributed by atoms with Crippen LogP contribution in [0.5, 0.6) is 0 Å². The maximum absolute atomic E-state index is 11.2. The highest BCUT2D eigenvalue weighted by molar-refractivity contribution is 7.12. The van der Waals surface area contributed by atoms with E-state index in [0.29, 0.717) is 23.6 Å². The Labute approximate surface area is 131 Å². The number of halogens is 1. The summed E-state index contributed by atoms with van der Waals surface area (Å²) in [6, 6.07) is 11.0. The molecule has 0 aliphatic carbocycles. The zero-order chi connectivity index (χ0) is 15.2. The highest BCUT2D eigenvalue weighted by atomic mass is 35.5. The van der Waals surface area contributed by atoms with Gasteiger partial charge in [-0.1, -0.05) is 11.6 Å². The summed E-state index contributed by atoms with van der Waals surface area (Å²) in [5.41, 5.74) is 1.31. The molecule has 1 aromatic carbocycles. The van der Waals surface area contributed by atoms with Gasteiger partial charge in [-0.2, -0.15) is 5.26 Å². The third-order valence-electron chi connectivity index (χ3n) is 2.81. The molecule has 0 aliphatic rings. The molecule has 0 radical (unpaired) electrons. The molecule has 1 aromatic heterocycles. The highest BCUT2D eigenvalue weighted by Gasteiger charge is 2.07. The number of thiophene rings is 1. The second kappa shape index (κ2) is 7.11. The molecule has 1 N–H and O–H groups in total. The molecule has 2 rings (SSSR count). The van der Waals surface area contributed by atoms with Crippen LogP contribution in [-0.4, -0.2) is 13.1 Å². The smallest absolute Gasteiger partial charge is 0.310 e. The summed E-state index contributed by atoms with van der Waals surface area (Å²) in [7, 11) is 1.38. The van der Waals surface area contributed by atoms with Crippen molar-refractivity contribution in [2.45, 2.75) is 13.0 Å². The number of anilines is 1. The van der Waals surface area contributed by atoms with Crippen LogP contribution in [0, 0.1) is 11.3 Å². The summed E-state index contributed by atoms with van der Waals surface area (Å²) < 4.78 is 4.64. The van der Waals surface area contributed by atoms with Crippen molar-refractivity contribution in [3.63, 3.8) is 0 Å². The number of ether oxygens (including phenoxy) is 1. The Morgan fingerprint density at radius 3 is 2.81 bits per heavy atom. The third-order valence-corrected chi connectivity index (χ3v) is 4.21. The lowest BCUT2D eigenvalue weighted by molar-refractivity contribution is -0.139. The summed E-state index contributed by atoms with van der Waals surface area (Å²) in [5.74, 6) is -0.244. The Kier molecular flexibility index (Phi) is 5.20.